The number of nitrogens with zero attached hydrogens (tertiary/aromatic N) is 2. The van der Waals surface area contributed by atoms with Crippen molar-refractivity contribution in [2.75, 3.05) is 27.2 Å². The Morgan fingerprint density at radius 3 is 2.05 bits per heavy atom. The molecule has 2 amide bonds. The van der Waals surface area contributed by atoms with Crippen LogP contribution in [0.25, 0.3) is 0 Å². The van der Waals surface area contributed by atoms with Gasteiger partial charge < -0.3 is 14.5 Å². The van der Waals surface area contributed by atoms with Crippen molar-refractivity contribution in [2.24, 2.45) is 11.3 Å². The highest BCUT2D eigenvalue weighted by molar-refractivity contribution is 5.69. The summed E-state index contributed by atoms with van der Waals surface area (Å²) in [4.78, 5) is 24.4. The molecule has 0 aromatic carbocycles. The number of carbonyl (C=O) groups is 2. The Labute approximate surface area is 122 Å². The van der Waals surface area contributed by atoms with Gasteiger partial charge in [0, 0.05) is 32.6 Å². The Hall–Kier alpha value is -1.26. The molecule has 0 aromatic heterocycles. The highest BCUT2D eigenvalue weighted by Crippen LogP contribution is 2.51. The first-order valence-electron chi connectivity index (χ1n) is 7.16. The van der Waals surface area contributed by atoms with Gasteiger partial charge in [-0.1, -0.05) is 6.92 Å². The molecule has 1 heterocycles. The highest BCUT2D eigenvalue weighted by Gasteiger charge is 2.52. The fourth-order valence-corrected chi connectivity index (χ4v) is 2.90. The number of hydrogen-bond acceptors (Lipinski definition) is 3. The zero-order chi connectivity index (χ0) is 15.6. The quantitative estimate of drug-likeness (QED) is 0.695. The molecule has 1 saturated carbocycles. The molecule has 2 aliphatic rings. The van der Waals surface area contributed by atoms with Crippen molar-refractivity contribution in [3.8, 4) is 0 Å². The molecule has 0 unspecified atom stereocenters. The molecule has 1 aliphatic carbocycles. The van der Waals surface area contributed by atoms with Crippen LogP contribution >= 0.6 is 0 Å². The third-order valence-corrected chi connectivity index (χ3v) is 3.48. The van der Waals surface area contributed by atoms with Crippen molar-refractivity contribution < 1.29 is 14.3 Å². The molecule has 2 fully saturated rings. The van der Waals surface area contributed by atoms with E-state index < -0.39 is 0 Å². The third kappa shape index (κ3) is 4.69. The predicted molar refractivity (Wildman–Crippen MR) is 78.4 cm³/mol. The molecule has 0 bridgehead atoms. The third-order valence-electron chi connectivity index (χ3n) is 3.48. The summed E-state index contributed by atoms with van der Waals surface area (Å²) in [5.74, 6) is 0.853. The van der Waals surface area contributed by atoms with Crippen LogP contribution in [-0.2, 0) is 9.53 Å². The summed E-state index contributed by atoms with van der Waals surface area (Å²) in [7, 11) is 3.38. The lowest BCUT2D eigenvalue weighted by Crippen LogP contribution is -2.63. The Kier molecular flexibility index (Phi) is 5.05. The van der Waals surface area contributed by atoms with E-state index in [-0.39, 0.29) is 11.7 Å². The molecule has 5 heteroatoms. The van der Waals surface area contributed by atoms with Crippen molar-refractivity contribution in [1.82, 2.24) is 9.80 Å². The second kappa shape index (κ2) is 6.02. The minimum Gasteiger partial charge on any atom is -0.444 e. The van der Waals surface area contributed by atoms with E-state index >= 15 is 0 Å². The van der Waals surface area contributed by atoms with Crippen molar-refractivity contribution >= 4 is 12.5 Å². The smallest absolute Gasteiger partial charge is 0.410 e. The lowest BCUT2D eigenvalue weighted by Gasteiger charge is -2.58. The molecule has 2 rings (SSSR count). The van der Waals surface area contributed by atoms with Crippen LogP contribution in [0, 0.1) is 11.3 Å². The van der Waals surface area contributed by atoms with Crippen LogP contribution in [0.5, 0.6) is 0 Å². The Balaban J connectivity index is 0.000000347. The molecule has 0 aromatic rings. The number of rotatable bonds is 1. The fourth-order valence-electron chi connectivity index (χ4n) is 2.90. The lowest BCUT2D eigenvalue weighted by molar-refractivity contribution is -0.115. The molecule has 20 heavy (non-hydrogen) atoms. The topological polar surface area (TPSA) is 49.9 Å². The second-order valence-electron chi connectivity index (χ2n) is 7.42. The van der Waals surface area contributed by atoms with Gasteiger partial charge in [0.1, 0.15) is 5.60 Å². The van der Waals surface area contributed by atoms with Gasteiger partial charge in [-0.15, -0.1) is 0 Å². The maximum absolute atomic E-state index is 11.7. The van der Waals surface area contributed by atoms with Crippen molar-refractivity contribution in [2.45, 2.75) is 46.1 Å². The lowest BCUT2D eigenvalue weighted by atomic mass is 9.58. The van der Waals surface area contributed by atoms with E-state index in [1.165, 1.54) is 17.7 Å². The number of likely N-dealkylation sites (tertiary alicyclic amines) is 1. The minimum absolute atomic E-state index is 0.146. The molecule has 5 nitrogen and oxygen atoms in total. The molecule has 1 aliphatic heterocycles. The largest absolute Gasteiger partial charge is 0.444 e. The number of carbonyl (C=O) groups excluding carboxylic acids is 2. The van der Waals surface area contributed by atoms with Gasteiger partial charge in [0.15, 0.2) is 0 Å². The first-order valence-corrected chi connectivity index (χ1v) is 7.16. The number of hydrogen-bond donors (Lipinski definition) is 0. The van der Waals surface area contributed by atoms with E-state index in [2.05, 4.69) is 6.92 Å². The fraction of sp³-hybridized carbons (Fsp3) is 0.867. The van der Waals surface area contributed by atoms with E-state index in [9.17, 15) is 9.59 Å². The van der Waals surface area contributed by atoms with Gasteiger partial charge >= 0.3 is 6.09 Å². The van der Waals surface area contributed by atoms with Gasteiger partial charge in [-0.2, -0.15) is 0 Å². The van der Waals surface area contributed by atoms with Gasteiger partial charge in [0.2, 0.25) is 6.41 Å². The average molecular weight is 284 g/mol. The van der Waals surface area contributed by atoms with Crippen LogP contribution in [0.15, 0.2) is 0 Å². The van der Waals surface area contributed by atoms with Crippen LogP contribution in [0.3, 0.4) is 0 Å². The van der Waals surface area contributed by atoms with Gasteiger partial charge in [-0.3, -0.25) is 4.79 Å². The average Bonchev–Trinajstić information content (AvgIpc) is 2.19. The van der Waals surface area contributed by atoms with Crippen LogP contribution in [0.1, 0.15) is 40.5 Å². The number of ether oxygens (including phenoxy) is 1. The summed E-state index contributed by atoms with van der Waals surface area (Å²) in [6, 6.07) is 0. The zero-order valence-electron chi connectivity index (χ0n) is 13.6. The van der Waals surface area contributed by atoms with E-state index in [0.29, 0.717) is 5.41 Å². The van der Waals surface area contributed by atoms with Gasteiger partial charge in [0.05, 0.1) is 0 Å². The van der Waals surface area contributed by atoms with Gasteiger partial charge in [0.25, 0.3) is 0 Å². The standard InChI is InChI=1S/C12H21NO2.C3H7NO/c1-9-5-12(6-9)7-13(8-12)10(14)15-11(2,3)4;1-4(2)3-5/h9H,5-8H2,1-4H3;3H,1-2H3. The zero-order valence-corrected chi connectivity index (χ0v) is 13.6. The Bertz CT molecular complexity index is 347. The molecular formula is C15H28N2O3. The monoisotopic (exact) mass is 284 g/mol. The van der Waals surface area contributed by atoms with E-state index in [1.54, 1.807) is 14.1 Å². The van der Waals surface area contributed by atoms with E-state index in [1.807, 2.05) is 25.7 Å². The molecular weight excluding hydrogens is 256 g/mol. The Morgan fingerprint density at radius 1 is 1.30 bits per heavy atom. The normalized spacial score (nSPS) is 20.2. The molecule has 0 atom stereocenters. The number of amides is 2. The summed E-state index contributed by atoms with van der Waals surface area (Å²) >= 11 is 0. The van der Waals surface area contributed by atoms with E-state index in [0.717, 1.165) is 25.4 Å². The maximum atomic E-state index is 11.7. The van der Waals surface area contributed by atoms with Gasteiger partial charge in [-0.25, -0.2) is 4.79 Å². The summed E-state index contributed by atoms with van der Waals surface area (Å²) in [6.45, 7) is 9.82. The summed E-state index contributed by atoms with van der Waals surface area (Å²) in [5, 5.41) is 0. The van der Waals surface area contributed by atoms with Crippen LogP contribution in [0.4, 0.5) is 4.79 Å². The molecule has 0 N–H and O–H groups in total. The summed E-state index contributed by atoms with van der Waals surface area (Å²) < 4.78 is 5.32. The Morgan fingerprint density at radius 2 is 1.75 bits per heavy atom. The first-order chi connectivity index (χ1) is 9.07. The molecule has 0 radical (unpaired) electrons. The van der Waals surface area contributed by atoms with Crippen LogP contribution in [-0.4, -0.2) is 55.1 Å². The van der Waals surface area contributed by atoms with Crippen LogP contribution < -0.4 is 0 Å². The maximum Gasteiger partial charge on any atom is 0.410 e. The predicted octanol–water partition coefficient (Wildman–Crippen LogP) is 2.36. The van der Waals surface area contributed by atoms with Crippen molar-refractivity contribution in [1.29, 1.82) is 0 Å². The van der Waals surface area contributed by atoms with Crippen molar-refractivity contribution in [3.63, 3.8) is 0 Å². The highest BCUT2D eigenvalue weighted by atomic mass is 16.6. The van der Waals surface area contributed by atoms with E-state index in [4.69, 9.17) is 4.74 Å². The van der Waals surface area contributed by atoms with Crippen LogP contribution in [0.2, 0.25) is 0 Å². The van der Waals surface area contributed by atoms with Crippen molar-refractivity contribution in [3.05, 3.63) is 0 Å². The molecule has 1 saturated heterocycles. The molecule has 1 spiro atoms. The summed E-state index contributed by atoms with van der Waals surface area (Å²) in [5.41, 5.74) is 0.100. The second-order valence-corrected chi connectivity index (χ2v) is 7.42. The summed E-state index contributed by atoms with van der Waals surface area (Å²) in [6.07, 6.45) is 3.17. The minimum atomic E-state index is -0.368. The SMILES string of the molecule is CC1CC2(C1)CN(C(=O)OC(C)(C)C)C2.CN(C)C=O. The molecule has 116 valence electrons. The first kappa shape index (κ1) is 16.8. The van der Waals surface area contributed by atoms with Gasteiger partial charge in [-0.05, 0) is 39.5 Å².